The van der Waals surface area contributed by atoms with Crippen LogP contribution < -0.4 is 0 Å². The van der Waals surface area contributed by atoms with Crippen LogP contribution in [0.2, 0.25) is 0 Å². The number of benzene rings is 2. The third kappa shape index (κ3) is 5.71. The van der Waals surface area contributed by atoms with Crippen molar-refractivity contribution in [3.05, 3.63) is 89.0 Å². The van der Waals surface area contributed by atoms with Crippen molar-refractivity contribution in [2.75, 3.05) is 19.5 Å². The Bertz CT molecular complexity index is 1300. The number of hydrogen-bond acceptors (Lipinski definition) is 5. The Balaban J connectivity index is 1.57. The fourth-order valence-corrected chi connectivity index (χ4v) is 4.97. The second-order valence-electron chi connectivity index (χ2n) is 8.35. The summed E-state index contributed by atoms with van der Waals surface area (Å²) < 4.78 is 23.8. The van der Waals surface area contributed by atoms with Gasteiger partial charge in [0.25, 0.3) is 0 Å². The number of methoxy groups -OCH3 is 1. The molecule has 0 N–H and O–H groups in total. The van der Waals surface area contributed by atoms with Gasteiger partial charge in [0.2, 0.25) is 0 Å². The quantitative estimate of drug-likeness (QED) is 0.156. The number of Topliss-reactive ketones (excluding diaryl/α,β-unsaturated/α-hetero) is 1. The fourth-order valence-electron chi connectivity index (χ4n) is 4.15. The van der Waals surface area contributed by atoms with Gasteiger partial charge in [-0.3, -0.25) is 9.36 Å². The molecule has 0 saturated heterocycles. The molecule has 182 valence electrons. The van der Waals surface area contributed by atoms with Crippen LogP contribution in [0.25, 0.3) is 11.4 Å². The molecular weight excluding hydrogens is 463 g/mol. The molecule has 0 amide bonds. The summed E-state index contributed by atoms with van der Waals surface area (Å²) in [5.41, 5.74) is 4.16. The van der Waals surface area contributed by atoms with Gasteiger partial charge in [-0.25, -0.2) is 4.39 Å². The summed E-state index contributed by atoms with van der Waals surface area (Å²) in [6, 6.07) is 18.4. The number of carbonyl (C=O) groups is 1. The molecule has 2 aromatic heterocycles. The molecule has 0 aliphatic heterocycles. The normalized spacial score (nSPS) is 11.2. The SMILES string of the molecule is COCCCn1c(C)cc(C(=O)CSc2nnc(-c3ccccc3F)n2Cc2ccccc2)c1C. The molecule has 0 unspecified atom stereocenters. The van der Waals surface area contributed by atoms with Crippen LogP contribution in [0.5, 0.6) is 0 Å². The van der Waals surface area contributed by atoms with Gasteiger partial charge < -0.3 is 9.30 Å². The van der Waals surface area contributed by atoms with E-state index in [0.717, 1.165) is 35.5 Å². The Hall–Kier alpha value is -3.23. The van der Waals surface area contributed by atoms with E-state index in [4.69, 9.17) is 4.74 Å². The molecule has 8 heteroatoms. The van der Waals surface area contributed by atoms with Crippen LogP contribution in [-0.4, -0.2) is 44.6 Å². The lowest BCUT2D eigenvalue weighted by molar-refractivity contribution is 0.102. The minimum atomic E-state index is -0.359. The van der Waals surface area contributed by atoms with Crippen molar-refractivity contribution in [2.24, 2.45) is 0 Å². The Labute approximate surface area is 209 Å². The molecular formula is C27H29FN4O2S. The van der Waals surface area contributed by atoms with Crippen molar-refractivity contribution in [3.8, 4) is 11.4 Å². The first kappa shape index (κ1) is 24.9. The van der Waals surface area contributed by atoms with E-state index in [1.54, 1.807) is 25.3 Å². The van der Waals surface area contributed by atoms with Gasteiger partial charge in [-0.05, 0) is 44.0 Å². The second kappa shape index (κ2) is 11.5. The molecule has 6 nitrogen and oxygen atoms in total. The minimum absolute atomic E-state index is 0.0304. The predicted octanol–water partition coefficient (Wildman–Crippen LogP) is 5.56. The molecule has 0 aliphatic rings. The molecule has 4 rings (SSSR count). The number of aromatic nitrogens is 4. The first-order valence-corrected chi connectivity index (χ1v) is 12.5. The Morgan fingerprint density at radius 1 is 1.03 bits per heavy atom. The molecule has 4 aromatic rings. The van der Waals surface area contributed by atoms with E-state index in [-0.39, 0.29) is 17.4 Å². The molecule has 0 saturated carbocycles. The number of hydrogen-bond donors (Lipinski definition) is 0. The Morgan fingerprint density at radius 3 is 2.51 bits per heavy atom. The summed E-state index contributed by atoms with van der Waals surface area (Å²) in [5, 5.41) is 9.20. The standard InChI is InChI=1S/C27H29FN4O2S/c1-19-16-23(20(2)31(19)14-9-15-34-3)25(33)18-35-27-30-29-26(22-12-7-8-13-24(22)28)32(27)17-21-10-5-4-6-11-21/h4-8,10-13,16H,9,14-15,17-18H2,1-3H3. The molecule has 0 spiro atoms. The number of carbonyl (C=O) groups excluding carboxylic acids is 1. The minimum Gasteiger partial charge on any atom is -0.385 e. The maximum atomic E-state index is 14.6. The van der Waals surface area contributed by atoms with Crippen LogP contribution >= 0.6 is 11.8 Å². The van der Waals surface area contributed by atoms with Gasteiger partial charge in [0.05, 0.1) is 17.9 Å². The molecule has 0 atom stereocenters. The average molecular weight is 493 g/mol. The highest BCUT2D eigenvalue weighted by Crippen LogP contribution is 2.28. The van der Waals surface area contributed by atoms with Gasteiger partial charge in [0, 0.05) is 37.2 Å². The maximum Gasteiger partial charge on any atom is 0.192 e. The lowest BCUT2D eigenvalue weighted by Crippen LogP contribution is -2.09. The summed E-state index contributed by atoms with van der Waals surface area (Å²) in [5.74, 6) is 0.329. The summed E-state index contributed by atoms with van der Waals surface area (Å²) in [6.07, 6.45) is 0.886. The molecule has 0 bridgehead atoms. The monoisotopic (exact) mass is 492 g/mol. The average Bonchev–Trinajstić information content (AvgIpc) is 3.38. The van der Waals surface area contributed by atoms with E-state index in [0.29, 0.717) is 29.7 Å². The van der Waals surface area contributed by atoms with E-state index < -0.39 is 0 Å². The fraction of sp³-hybridized carbons (Fsp3) is 0.296. The lowest BCUT2D eigenvalue weighted by Gasteiger charge is -2.11. The summed E-state index contributed by atoms with van der Waals surface area (Å²) in [7, 11) is 1.69. The van der Waals surface area contributed by atoms with E-state index >= 15 is 0 Å². The third-order valence-corrected chi connectivity index (χ3v) is 6.92. The number of thioether (sulfide) groups is 1. The van der Waals surface area contributed by atoms with Crippen LogP contribution in [-0.2, 0) is 17.8 Å². The first-order valence-electron chi connectivity index (χ1n) is 11.5. The van der Waals surface area contributed by atoms with Gasteiger partial charge in [-0.1, -0.05) is 54.2 Å². The van der Waals surface area contributed by atoms with Crippen molar-refractivity contribution in [1.29, 1.82) is 0 Å². The van der Waals surface area contributed by atoms with Crippen LogP contribution in [0.15, 0.2) is 65.8 Å². The van der Waals surface area contributed by atoms with Crippen molar-refractivity contribution >= 4 is 17.5 Å². The topological polar surface area (TPSA) is 61.9 Å². The predicted molar refractivity (Wildman–Crippen MR) is 136 cm³/mol. The largest absolute Gasteiger partial charge is 0.385 e. The number of ketones is 1. The Morgan fingerprint density at radius 2 is 1.77 bits per heavy atom. The highest BCUT2D eigenvalue weighted by atomic mass is 32.2. The first-order chi connectivity index (χ1) is 17.0. The van der Waals surface area contributed by atoms with Crippen LogP contribution in [0.1, 0.15) is 33.7 Å². The van der Waals surface area contributed by atoms with Gasteiger partial charge in [0.1, 0.15) is 5.82 Å². The highest BCUT2D eigenvalue weighted by molar-refractivity contribution is 7.99. The highest BCUT2D eigenvalue weighted by Gasteiger charge is 2.20. The zero-order valence-electron chi connectivity index (χ0n) is 20.2. The second-order valence-corrected chi connectivity index (χ2v) is 9.29. The number of ether oxygens (including phenoxy) is 1. The van der Waals surface area contributed by atoms with Crippen LogP contribution in [0.3, 0.4) is 0 Å². The number of rotatable bonds is 11. The lowest BCUT2D eigenvalue weighted by atomic mass is 10.2. The molecule has 35 heavy (non-hydrogen) atoms. The number of aryl methyl sites for hydroxylation is 1. The van der Waals surface area contributed by atoms with Gasteiger partial charge in [-0.15, -0.1) is 10.2 Å². The van der Waals surface area contributed by atoms with E-state index in [1.165, 1.54) is 17.8 Å². The van der Waals surface area contributed by atoms with E-state index in [1.807, 2.05) is 54.8 Å². The van der Waals surface area contributed by atoms with Crippen molar-refractivity contribution in [2.45, 2.75) is 38.5 Å². The molecule has 0 fully saturated rings. The smallest absolute Gasteiger partial charge is 0.192 e. The van der Waals surface area contributed by atoms with Crippen LogP contribution in [0.4, 0.5) is 4.39 Å². The van der Waals surface area contributed by atoms with Crippen molar-refractivity contribution in [3.63, 3.8) is 0 Å². The molecule has 2 aromatic carbocycles. The van der Waals surface area contributed by atoms with Crippen LogP contribution in [0, 0.1) is 19.7 Å². The third-order valence-electron chi connectivity index (χ3n) is 5.95. The zero-order chi connectivity index (χ0) is 24.8. The van der Waals surface area contributed by atoms with Gasteiger partial charge in [-0.2, -0.15) is 0 Å². The zero-order valence-corrected chi connectivity index (χ0v) is 21.0. The molecule has 2 heterocycles. The van der Waals surface area contributed by atoms with Gasteiger partial charge >= 0.3 is 0 Å². The maximum absolute atomic E-state index is 14.6. The summed E-state index contributed by atoms with van der Waals surface area (Å²) in [4.78, 5) is 13.2. The van der Waals surface area contributed by atoms with E-state index in [2.05, 4.69) is 14.8 Å². The number of halogens is 1. The molecule has 0 aliphatic carbocycles. The Kier molecular flexibility index (Phi) is 8.15. The van der Waals surface area contributed by atoms with Gasteiger partial charge in [0.15, 0.2) is 16.8 Å². The summed E-state index contributed by atoms with van der Waals surface area (Å²) >= 11 is 1.32. The van der Waals surface area contributed by atoms with Crippen molar-refractivity contribution in [1.82, 2.24) is 19.3 Å². The van der Waals surface area contributed by atoms with E-state index in [9.17, 15) is 9.18 Å². The summed E-state index contributed by atoms with van der Waals surface area (Å²) in [6.45, 7) is 5.95. The van der Waals surface area contributed by atoms with Crippen molar-refractivity contribution < 1.29 is 13.9 Å². The number of nitrogens with zero attached hydrogens (tertiary/aromatic N) is 4. The molecule has 0 radical (unpaired) electrons.